The van der Waals surface area contributed by atoms with Crippen LogP contribution in [0.1, 0.15) is 32.6 Å². The van der Waals surface area contributed by atoms with Crippen molar-refractivity contribution in [3.8, 4) is 0 Å². The first-order valence-electron chi connectivity index (χ1n) is 6.80. The molecule has 5 nitrogen and oxygen atoms in total. The van der Waals surface area contributed by atoms with Gasteiger partial charge in [-0.15, -0.1) is 0 Å². The monoisotopic (exact) mass is 254 g/mol. The number of carbonyl (C=O) groups is 2. The van der Waals surface area contributed by atoms with Crippen molar-refractivity contribution in [2.45, 2.75) is 38.7 Å². The van der Waals surface area contributed by atoms with Gasteiger partial charge in [0.15, 0.2) is 0 Å². The summed E-state index contributed by atoms with van der Waals surface area (Å²) in [5.41, 5.74) is 0. The number of hydrogen-bond donors (Lipinski definition) is 1. The van der Waals surface area contributed by atoms with E-state index in [2.05, 4.69) is 0 Å². The molecule has 2 rings (SSSR count). The molecule has 1 N–H and O–H groups in total. The highest BCUT2D eigenvalue weighted by Crippen LogP contribution is 2.21. The van der Waals surface area contributed by atoms with E-state index in [4.69, 9.17) is 0 Å². The molecule has 102 valence electrons. The van der Waals surface area contributed by atoms with E-state index >= 15 is 0 Å². The molecule has 2 saturated heterocycles. The summed E-state index contributed by atoms with van der Waals surface area (Å²) in [4.78, 5) is 27.2. The van der Waals surface area contributed by atoms with Crippen LogP contribution in [0.5, 0.6) is 0 Å². The molecule has 2 fully saturated rings. The molecule has 0 aromatic heterocycles. The second-order valence-electron chi connectivity index (χ2n) is 5.34. The molecule has 2 heterocycles. The van der Waals surface area contributed by atoms with Crippen LogP contribution in [0.25, 0.3) is 0 Å². The number of hydrogen-bond acceptors (Lipinski definition) is 3. The van der Waals surface area contributed by atoms with Gasteiger partial charge in [0, 0.05) is 39.0 Å². The van der Waals surface area contributed by atoms with E-state index in [1.807, 2.05) is 9.80 Å². The molecular weight excluding hydrogens is 232 g/mol. The minimum atomic E-state index is -0.242. The van der Waals surface area contributed by atoms with E-state index < -0.39 is 0 Å². The molecule has 0 aromatic rings. The summed E-state index contributed by atoms with van der Waals surface area (Å²) >= 11 is 0. The van der Waals surface area contributed by atoms with Gasteiger partial charge in [-0.2, -0.15) is 0 Å². The van der Waals surface area contributed by atoms with Crippen molar-refractivity contribution in [3.63, 3.8) is 0 Å². The van der Waals surface area contributed by atoms with Crippen LogP contribution in [0.2, 0.25) is 0 Å². The Bertz CT molecular complexity index is 316. The Hall–Kier alpha value is -1.10. The Morgan fingerprint density at radius 1 is 0.944 bits per heavy atom. The highest BCUT2D eigenvalue weighted by Gasteiger charge is 2.30. The smallest absolute Gasteiger partial charge is 0.225 e. The molecule has 0 spiro atoms. The predicted octanol–water partition coefficient (Wildman–Crippen LogP) is 0.228. The van der Waals surface area contributed by atoms with E-state index in [9.17, 15) is 14.7 Å². The first-order chi connectivity index (χ1) is 8.58. The normalized spacial score (nSPS) is 23.2. The van der Waals surface area contributed by atoms with Gasteiger partial charge in [0.1, 0.15) is 0 Å². The van der Waals surface area contributed by atoms with Gasteiger partial charge in [0.25, 0.3) is 0 Å². The standard InChI is InChI=1S/C13H22N2O3/c1-10(16)14-6-2-11(3-7-14)13(18)15-8-4-12(17)5-9-15/h11-12,17H,2-9H2,1H3. The van der Waals surface area contributed by atoms with Crippen LogP contribution >= 0.6 is 0 Å². The number of aliphatic hydroxyl groups is 1. The van der Waals surface area contributed by atoms with E-state index in [0.717, 1.165) is 12.8 Å². The van der Waals surface area contributed by atoms with Crippen LogP contribution in [0, 0.1) is 5.92 Å². The first-order valence-corrected chi connectivity index (χ1v) is 6.80. The van der Waals surface area contributed by atoms with Crippen LogP contribution < -0.4 is 0 Å². The topological polar surface area (TPSA) is 60.9 Å². The molecule has 0 aliphatic carbocycles. The summed E-state index contributed by atoms with van der Waals surface area (Å²) in [6.45, 7) is 4.32. The Kier molecular flexibility index (Phi) is 4.22. The van der Waals surface area contributed by atoms with Crippen LogP contribution in [0.4, 0.5) is 0 Å². The highest BCUT2D eigenvalue weighted by molar-refractivity contribution is 5.79. The van der Waals surface area contributed by atoms with Gasteiger partial charge in [-0.05, 0) is 25.7 Å². The third-order valence-corrected chi connectivity index (χ3v) is 4.07. The van der Waals surface area contributed by atoms with Gasteiger partial charge in [-0.25, -0.2) is 0 Å². The molecule has 0 unspecified atom stereocenters. The van der Waals surface area contributed by atoms with Crippen LogP contribution in [0.3, 0.4) is 0 Å². The zero-order chi connectivity index (χ0) is 13.1. The molecule has 5 heteroatoms. The Morgan fingerprint density at radius 3 is 1.94 bits per heavy atom. The lowest BCUT2D eigenvalue weighted by molar-refractivity contribution is -0.141. The number of aliphatic hydroxyl groups excluding tert-OH is 1. The van der Waals surface area contributed by atoms with E-state index in [1.165, 1.54) is 0 Å². The maximum absolute atomic E-state index is 12.3. The molecule has 2 aliphatic heterocycles. The van der Waals surface area contributed by atoms with Gasteiger partial charge in [0.2, 0.25) is 11.8 Å². The lowest BCUT2D eigenvalue weighted by Crippen LogP contribution is -2.46. The summed E-state index contributed by atoms with van der Waals surface area (Å²) in [5.74, 6) is 0.378. The molecule has 2 amide bonds. The molecule has 0 radical (unpaired) electrons. The molecule has 0 aromatic carbocycles. The number of rotatable bonds is 1. The molecule has 0 bridgehead atoms. The number of piperidine rings is 2. The van der Waals surface area contributed by atoms with E-state index in [1.54, 1.807) is 6.92 Å². The number of nitrogens with zero attached hydrogens (tertiary/aromatic N) is 2. The molecule has 0 saturated carbocycles. The SMILES string of the molecule is CC(=O)N1CCC(C(=O)N2CCC(O)CC2)CC1. The van der Waals surface area contributed by atoms with Crippen molar-refractivity contribution in [2.24, 2.45) is 5.92 Å². The average Bonchev–Trinajstić information content (AvgIpc) is 2.39. The number of amides is 2. The Labute approximate surface area is 108 Å². The molecule has 18 heavy (non-hydrogen) atoms. The second-order valence-corrected chi connectivity index (χ2v) is 5.34. The zero-order valence-electron chi connectivity index (χ0n) is 11.0. The van der Waals surface area contributed by atoms with E-state index in [0.29, 0.717) is 39.0 Å². The van der Waals surface area contributed by atoms with Crippen molar-refractivity contribution < 1.29 is 14.7 Å². The first kappa shape index (κ1) is 13.3. The van der Waals surface area contributed by atoms with Crippen LogP contribution in [-0.2, 0) is 9.59 Å². The van der Waals surface area contributed by atoms with Crippen molar-refractivity contribution in [2.75, 3.05) is 26.2 Å². The van der Waals surface area contributed by atoms with Gasteiger partial charge >= 0.3 is 0 Å². The fourth-order valence-corrected chi connectivity index (χ4v) is 2.79. The Balaban J connectivity index is 1.82. The molecule has 0 atom stereocenters. The van der Waals surface area contributed by atoms with E-state index in [-0.39, 0.29) is 23.8 Å². The van der Waals surface area contributed by atoms with Gasteiger partial charge < -0.3 is 14.9 Å². The highest BCUT2D eigenvalue weighted by atomic mass is 16.3. The molecular formula is C13H22N2O3. The fourth-order valence-electron chi connectivity index (χ4n) is 2.79. The van der Waals surface area contributed by atoms with Gasteiger partial charge in [-0.3, -0.25) is 9.59 Å². The molecule has 2 aliphatic rings. The second kappa shape index (κ2) is 5.69. The fraction of sp³-hybridized carbons (Fsp3) is 0.846. The lowest BCUT2D eigenvalue weighted by atomic mass is 9.94. The van der Waals surface area contributed by atoms with Crippen molar-refractivity contribution in [1.29, 1.82) is 0 Å². The maximum Gasteiger partial charge on any atom is 0.225 e. The van der Waals surface area contributed by atoms with Gasteiger partial charge in [0.05, 0.1) is 6.10 Å². The summed E-state index contributed by atoms with van der Waals surface area (Å²) in [7, 11) is 0. The average molecular weight is 254 g/mol. The summed E-state index contributed by atoms with van der Waals surface area (Å²) in [6.07, 6.45) is 2.69. The summed E-state index contributed by atoms with van der Waals surface area (Å²) in [6, 6.07) is 0. The van der Waals surface area contributed by atoms with Crippen molar-refractivity contribution >= 4 is 11.8 Å². The maximum atomic E-state index is 12.3. The van der Waals surface area contributed by atoms with Gasteiger partial charge in [-0.1, -0.05) is 0 Å². The predicted molar refractivity (Wildman–Crippen MR) is 66.8 cm³/mol. The number of likely N-dealkylation sites (tertiary alicyclic amines) is 2. The van der Waals surface area contributed by atoms with Crippen molar-refractivity contribution in [1.82, 2.24) is 9.80 Å². The Morgan fingerprint density at radius 2 is 1.44 bits per heavy atom. The third-order valence-electron chi connectivity index (χ3n) is 4.07. The quantitative estimate of drug-likeness (QED) is 0.728. The van der Waals surface area contributed by atoms with Crippen LogP contribution in [0.15, 0.2) is 0 Å². The third kappa shape index (κ3) is 3.02. The minimum absolute atomic E-state index is 0.0656. The van der Waals surface area contributed by atoms with Crippen molar-refractivity contribution in [3.05, 3.63) is 0 Å². The largest absolute Gasteiger partial charge is 0.393 e. The summed E-state index contributed by atoms with van der Waals surface area (Å²) in [5, 5.41) is 9.43. The minimum Gasteiger partial charge on any atom is -0.393 e. The van der Waals surface area contributed by atoms with Crippen LogP contribution in [-0.4, -0.2) is 59.0 Å². The summed E-state index contributed by atoms with van der Waals surface area (Å²) < 4.78 is 0. The zero-order valence-corrected chi connectivity index (χ0v) is 11.0. The lowest BCUT2D eigenvalue weighted by Gasteiger charge is -2.36. The number of carbonyl (C=O) groups excluding carboxylic acids is 2.